The minimum Gasteiger partial charge on any atom is -0.463 e. The highest BCUT2D eigenvalue weighted by molar-refractivity contribution is 5.70. The lowest BCUT2D eigenvalue weighted by Crippen LogP contribution is -2.57. The molecule has 2 aromatic rings. The molecule has 5 rings (SSSR count). The summed E-state index contributed by atoms with van der Waals surface area (Å²) in [5.41, 5.74) is 2.00. The molecule has 0 aliphatic carbocycles. The number of likely N-dealkylation sites (tertiary alicyclic amines) is 1. The Bertz CT molecular complexity index is 1360. The van der Waals surface area contributed by atoms with Crippen LogP contribution >= 0.6 is 0 Å². The van der Waals surface area contributed by atoms with Gasteiger partial charge in [0, 0.05) is 44.2 Å². The maximum Gasteiger partial charge on any atom is 0.410 e. The number of carbonyl (C=O) groups excluding carboxylic acids is 2. The number of rotatable bonds is 7. The molecular weight excluding hydrogens is 562 g/mol. The van der Waals surface area contributed by atoms with E-state index >= 15 is 0 Å². The molecule has 0 N–H and O–H groups in total. The number of carbonyl (C=O) groups is 2. The van der Waals surface area contributed by atoms with Crippen LogP contribution < -0.4 is 9.64 Å². The van der Waals surface area contributed by atoms with Crippen molar-refractivity contribution in [1.29, 1.82) is 0 Å². The number of nitrogens with zero attached hydrogens (tertiary/aromatic N) is 7. The normalized spacial score (nSPS) is 20.6. The highest BCUT2D eigenvalue weighted by atomic mass is 16.6. The number of hydrogen-bond donors (Lipinski definition) is 0. The predicted molar refractivity (Wildman–Crippen MR) is 164 cm³/mol. The van der Waals surface area contributed by atoms with Gasteiger partial charge in [0.1, 0.15) is 24.1 Å². The molecule has 3 aliphatic rings. The van der Waals surface area contributed by atoms with Crippen molar-refractivity contribution in [3.63, 3.8) is 0 Å². The summed E-state index contributed by atoms with van der Waals surface area (Å²) >= 11 is 0. The highest BCUT2D eigenvalue weighted by Gasteiger charge is 2.37. The Morgan fingerprint density at radius 1 is 1.05 bits per heavy atom. The molecule has 4 heterocycles. The lowest BCUT2D eigenvalue weighted by atomic mass is 10.0. The van der Waals surface area contributed by atoms with Crippen molar-refractivity contribution in [2.75, 3.05) is 64.4 Å². The third-order valence-electron chi connectivity index (χ3n) is 8.14. The number of amides is 2. The van der Waals surface area contributed by atoms with Crippen LogP contribution in [0.15, 0.2) is 30.3 Å². The first-order valence-corrected chi connectivity index (χ1v) is 15.3. The van der Waals surface area contributed by atoms with E-state index in [0.717, 1.165) is 42.1 Å². The average molecular weight is 606 g/mol. The monoisotopic (exact) mass is 605 g/mol. The second kappa shape index (κ2) is 13.7. The fraction of sp³-hybridized carbons (Fsp3) is 0.594. The summed E-state index contributed by atoms with van der Waals surface area (Å²) in [6.45, 7) is 18.1. The first kappa shape index (κ1) is 31.3. The number of fused-ring (bicyclic) bond motifs is 1. The zero-order valence-corrected chi connectivity index (χ0v) is 26.2. The zero-order chi connectivity index (χ0) is 31.3. The Hall–Kier alpha value is -4.11. The summed E-state index contributed by atoms with van der Waals surface area (Å²) in [4.78, 5) is 47.1. The summed E-state index contributed by atoms with van der Waals surface area (Å²) in [6, 6.07) is 9.47. The number of anilines is 1. The topological polar surface area (TPSA) is 105 Å². The van der Waals surface area contributed by atoms with Gasteiger partial charge in [-0.2, -0.15) is 9.97 Å². The Morgan fingerprint density at radius 2 is 1.84 bits per heavy atom. The second-order valence-corrected chi connectivity index (χ2v) is 12.8. The SMILES string of the molecule is [C-]#[N+]CC1CN(c2nc(OC[C@@H]3CCN(C)C3)nc3c2CCN(C(=O)OC(C)(C)C)C3)CCN1C(=O)OCc1ccccc1. The molecule has 44 heavy (non-hydrogen) atoms. The van der Waals surface area contributed by atoms with Gasteiger partial charge in [-0.25, -0.2) is 16.2 Å². The molecule has 1 unspecified atom stereocenters. The van der Waals surface area contributed by atoms with Crippen LogP contribution in [0.1, 0.15) is 44.0 Å². The van der Waals surface area contributed by atoms with E-state index in [9.17, 15) is 9.59 Å². The first-order chi connectivity index (χ1) is 21.1. The lowest BCUT2D eigenvalue weighted by Gasteiger charge is -2.40. The van der Waals surface area contributed by atoms with Crippen LogP contribution in [0.2, 0.25) is 0 Å². The average Bonchev–Trinajstić information content (AvgIpc) is 3.42. The molecule has 12 heteroatoms. The Labute approximate surface area is 259 Å². The van der Waals surface area contributed by atoms with Crippen molar-refractivity contribution in [3.8, 4) is 6.01 Å². The van der Waals surface area contributed by atoms with Gasteiger partial charge in [0.05, 0.1) is 18.8 Å². The van der Waals surface area contributed by atoms with Gasteiger partial charge in [0.15, 0.2) is 0 Å². The molecular formula is C32H43N7O5. The summed E-state index contributed by atoms with van der Waals surface area (Å²) in [6.07, 6.45) is 0.816. The van der Waals surface area contributed by atoms with E-state index in [1.807, 2.05) is 51.1 Å². The Balaban J connectivity index is 1.35. The molecule has 2 atom stereocenters. The zero-order valence-electron chi connectivity index (χ0n) is 26.2. The molecule has 3 aliphatic heterocycles. The maximum absolute atomic E-state index is 13.1. The molecule has 0 saturated carbocycles. The highest BCUT2D eigenvalue weighted by Crippen LogP contribution is 2.31. The third-order valence-corrected chi connectivity index (χ3v) is 8.14. The first-order valence-electron chi connectivity index (χ1n) is 15.3. The van der Waals surface area contributed by atoms with Crippen LogP contribution in [-0.2, 0) is 29.0 Å². The van der Waals surface area contributed by atoms with Crippen molar-refractivity contribution in [2.24, 2.45) is 5.92 Å². The number of aromatic nitrogens is 2. The van der Waals surface area contributed by atoms with Crippen molar-refractivity contribution < 1.29 is 23.8 Å². The fourth-order valence-electron chi connectivity index (χ4n) is 5.90. The molecule has 12 nitrogen and oxygen atoms in total. The van der Waals surface area contributed by atoms with Gasteiger partial charge in [-0.15, -0.1) is 0 Å². The van der Waals surface area contributed by atoms with Crippen LogP contribution in [-0.4, -0.2) is 108 Å². The van der Waals surface area contributed by atoms with Crippen LogP contribution in [0.5, 0.6) is 6.01 Å². The standard InChI is InChI=1S/C32H43N7O5/c1-32(2,3)44-30(40)38-14-12-26-27(20-38)34-29(42-22-24-11-13-36(5)18-24)35-28(26)37-15-16-39(25(19-37)17-33-4)31(41)43-21-23-9-7-6-8-10-23/h6-10,24-25H,11-22H2,1-3,5H3/t24-,25?/m1/s1. The summed E-state index contributed by atoms with van der Waals surface area (Å²) in [5, 5.41) is 0. The minimum atomic E-state index is -0.600. The molecule has 2 amide bonds. The van der Waals surface area contributed by atoms with Gasteiger partial charge in [-0.3, -0.25) is 4.90 Å². The van der Waals surface area contributed by atoms with Crippen LogP contribution in [0.3, 0.4) is 0 Å². The quantitative estimate of drug-likeness (QED) is 0.436. The summed E-state index contributed by atoms with van der Waals surface area (Å²) < 4.78 is 17.4. The Morgan fingerprint density at radius 3 is 2.55 bits per heavy atom. The molecule has 0 bridgehead atoms. The van der Waals surface area contributed by atoms with Crippen LogP contribution in [0.4, 0.5) is 15.4 Å². The molecule has 236 valence electrons. The minimum absolute atomic E-state index is 0.148. The van der Waals surface area contributed by atoms with Gasteiger partial charge in [0.25, 0.3) is 0 Å². The molecule has 1 aromatic heterocycles. The van der Waals surface area contributed by atoms with E-state index < -0.39 is 11.7 Å². The summed E-state index contributed by atoms with van der Waals surface area (Å²) in [7, 11) is 2.11. The number of ether oxygens (including phenoxy) is 3. The fourth-order valence-corrected chi connectivity index (χ4v) is 5.90. The van der Waals surface area contributed by atoms with Gasteiger partial charge in [0.2, 0.25) is 6.54 Å². The molecule has 1 aromatic carbocycles. The molecule has 0 radical (unpaired) electrons. The van der Waals surface area contributed by atoms with Gasteiger partial charge < -0.3 is 33.8 Å². The van der Waals surface area contributed by atoms with Crippen molar-refractivity contribution >= 4 is 18.0 Å². The smallest absolute Gasteiger partial charge is 0.410 e. The number of piperazine rings is 1. The van der Waals surface area contributed by atoms with Crippen molar-refractivity contribution in [2.45, 2.75) is 58.4 Å². The maximum atomic E-state index is 13.1. The van der Waals surface area contributed by atoms with Gasteiger partial charge >= 0.3 is 18.2 Å². The van der Waals surface area contributed by atoms with E-state index in [4.69, 9.17) is 30.8 Å². The molecule has 0 spiro atoms. The second-order valence-electron chi connectivity index (χ2n) is 12.8. The lowest BCUT2D eigenvalue weighted by molar-refractivity contribution is 0.0220. The van der Waals surface area contributed by atoms with E-state index in [-0.39, 0.29) is 31.3 Å². The predicted octanol–water partition coefficient (Wildman–Crippen LogP) is 3.85. The van der Waals surface area contributed by atoms with E-state index in [1.54, 1.807) is 9.80 Å². The molecule has 2 saturated heterocycles. The van der Waals surface area contributed by atoms with Crippen molar-refractivity contribution in [3.05, 3.63) is 58.6 Å². The third kappa shape index (κ3) is 7.88. The largest absolute Gasteiger partial charge is 0.463 e. The summed E-state index contributed by atoms with van der Waals surface area (Å²) in [5.74, 6) is 1.14. The Kier molecular flexibility index (Phi) is 9.74. The number of benzene rings is 1. The van der Waals surface area contributed by atoms with E-state index in [0.29, 0.717) is 51.7 Å². The van der Waals surface area contributed by atoms with E-state index in [2.05, 4.69) is 21.7 Å². The number of hydrogen-bond acceptors (Lipinski definition) is 9. The van der Waals surface area contributed by atoms with Crippen LogP contribution in [0, 0.1) is 12.5 Å². The van der Waals surface area contributed by atoms with E-state index in [1.165, 1.54) is 0 Å². The van der Waals surface area contributed by atoms with Gasteiger partial charge in [-0.05, 0) is 52.8 Å². The van der Waals surface area contributed by atoms with Crippen LogP contribution in [0.25, 0.3) is 4.85 Å². The van der Waals surface area contributed by atoms with Gasteiger partial charge in [-0.1, -0.05) is 30.3 Å². The molecule has 2 fully saturated rings. The van der Waals surface area contributed by atoms with Crippen molar-refractivity contribution in [1.82, 2.24) is 24.7 Å².